The van der Waals surface area contributed by atoms with Gasteiger partial charge in [-0.1, -0.05) is 75.6 Å². The number of ether oxygens (including phenoxy) is 5. The third-order valence-corrected chi connectivity index (χ3v) is 18.0. The molecular formula is C80H98BBr2Cl3F22KN17O9. The van der Waals surface area contributed by atoms with Crippen LogP contribution in [-0.2, 0) is 30.9 Å². The van der Waals surface area contributed by atoms with Gasteiger partial charge < -0.3 is 43.2 Å². The molecule has 0 radical (unpaired) electrons. The van der Waals surface area contributed by atoms with Gasteiger partial charge in [0.2, 0.25) is 46.9 Å². The zero-order valence-electron chi connectivity index (χ0n) is 71.4. The summed E-state index contributed by atoms with van der Waals surface area (Å²) in [6.45, 7) is 22.5. The summed E-state index contributed by atoms with van der Waals surface area (Å²) in [6.07, 6.45) is -12.3. The van der Waals surface area contributed by atoms with Gasteiger partial charge in [0, 0.05) is 93.3 Å². The number of hydrogen-bond acceptors (Lipinski definition) is 23. The molecule has 0 saturated carbocycles. The van der Waals surface area contributed by atoms with Gasteiger partial charge in [-0.05, 0) is 195 Å². The van der Waals surface area contributed by atoms with Crippen molar-refractivity contribution in [3.63, 3.8) is 0 Å². The molecule has 55 heteroatoms. The van der Waals surface area contributed by atoms with Crippen molar-refractivity contribution in [2.45, 2.75) is 254 Å². The van der Waals surface area contributed by atoms with Crippen molar-refractivity contribution < 1.29 is 191 Å². The van der Waals surface area contributed by atoms with Gasteiger partial charge in [-0.15, -0.1) is 36.2 Å². The third-order valence-electron chi connectivity index (χ3n) is 16.5. The van der Waals surface area contributed by atoms with E-state index in [2.05, 4.69) is 107 Å². The third kappa shape index (κ3) is 38.2. The first-order chi connectivity index (χ1) is 58.3. The van der Waals surface area contributed by atoms with E-state index < -0.39 is 123 Å². The molecular weight excluding hydrogens is 2080 g/mol. The Morgan fingerprint density at radius 3 is 0.963 bits per heavy atom. The average Bonchev–Trinajstić information content (AvgIpc) is 1.67. The molecule has 0 bridgehead atoms. The van der Waals surface area contributed by atoms with Crippen LogP contribution in [0.25, 0.3) is 39.5 Å². The minimum Gasteiger partial charge on any atom is -0.850 e. The van der Waals surface area contributed by atoms with Gasteiger partial charge in [-0.25, -0.2) is 29.9 Å². The van der Waals surface area contributed by atoms with E-state index in [0.717, 1.165) is 73.1 Å². The molecule has 1 fully saturated rings. The van der Waals surface area contributed by atoms with Gasteiger partial charge in [-0.2, -0.15) is 96.6 Å². The summed E-state index contributed by atoms with van der Waals surface area (Å²) in [5.41, 5.74) is -11.7. The number of alkyl halides is 23. The van der Waals surface area contributed by atoms with Crippen LogP contribution in [0.15, 0.2) is 138 Å². The van der Waals surface area contributed by atoms with Gasteiger partial charge in [-0.3, -0.25) is 23.2 Å². The number of pyridine rings is 5. The summed E-state index contributed by atoms with van der Waals surface area (Å²) < 4.78 is 319. The molecule has 26 nitrogen and oxygen atoms in total. The molecule has 0 spiro atoms. The van der Waals surface area contributed by atoms with Crippen LogP contribution in [0.2, 0.25) is 5.15 Å². The quantitative estimate of drug-likeness (QED) is 0.0407. The Morgan fingerprint density at radius 2 is 0.696 bits per heavy atom. The molecule has 0 amide bonds. The van der Waals surface area contributed by atoms with Crippen LogP contribution in [-0.4, -0.2) is 178 Å². The van der Waals surface area contributed by atoms with Crippen LogP contribution in [0.1, 0.15) is 179 Å². The first-order valence-corrected chi connectivity index (χ1v) is 39.1. The Bertz CT molecular complexity index is 5390. The predicted octanol–water partition coefficient (Wildman–Crippen LogP) is 20.5. The zero-order chi connectivity index (χ0) is 98.7. The van der Waals surface area contributed by atoms with Crippen molar-refractivity contribution in [2.75, 3.05) is 6.61 Å². The molecule has 1 aliphatic heterocycles. The van der Waals surface area contributed by atoms with Crippen molar-refractivity contribution in [2.24, 2.45) is 0 Å². The second-order valence-corrected chi connectivity index (χ2v) is 34.1. The number of nitrogens with zero attached hydrogens (tertiary/aromatic N) is 17. The van der Waals surface area contributed by atoms with Crippen LogP contribution >= 0.6 is 66.7 Å². The van der Waals surface area contributed by atoms with E-state index in [-0.39, 0.29) is 152 Å². The number of fused-ring (bicyclic) bond motifs is 3. The normalized spacial score (nSPS) is 13.5. The standard InChI is InChI=1S/C17H16F5N5O2.C15H21BF3NO3.C15H11ClF5N5O.C9H9BrF3NO.C6H2Cl2F2N4.C5H3BrFN.C4H7F3O.C4H9O.5CH4.K/c1-4-28-16(18,19)14-26-25-12-8-23-11(9-27(12)14)10-5-6-13(24-7-10)29-15(2,3)17(20,21)22;1-12(2)13(3,4)23-16(22-12)10-7-8-11(20-9-10)21-14(5,6)15(17,18)19;1-13(2,15(19,20)21)27-11-4-3-8(5-23-11)9-7-26-10(6-22-9)24-25-12(26)14(16,17)18;1-8(2,9(11,12)13)15-7-4-3-6(10)5-14-7;7-3-2-14-4(1-11-3)12-13-5(14)6(8,9)10;6-4-1-2-5(7)8-3-4;1-3(2,8)4(5,6)7;1-4(2,3)5;;;;;;/h5-9H,4H2,1-3H3;7-9H,1-6H3;3-7H,1-2H3;3-5H,1-2H3;1-2H;1-3H;8H,1-2H3;1-3H3;5*1H4;/q;;;;;;;-1;;;;;;+1. The maximum Gasteiger partial charge on any atom is 1.00 e. The van der Waals surface area contributed by atoms with Crippen LogP contribution in [0.3, 0.4) is 0 Å². The average molecular weight is 2180 g/mol. The molecule has 0 atom stereocenters. The second-order valence-electron chi connectivity index (χ2n) is 31.0. The molecule has 0 unspecified atom stereocenters. The molecule has 0 aliphatic carbocycles. The van der Waals surface area contributed by atoms with Gasteiger partial charge in [0.05, 0.1) is 47.8 Å². The fourth-order valence-corrected chi connectivity index (χ4v) is 9.20. The van der Waals surface area contributed by atoms with E-state index in [4.69, 9.17) is 68.2 Å². The summed E-state index contributed by atoms with van der Waals surface area (Å²) in [5.74, 6) is -3.30. The molecule has 1 saturated heterocycles. The Labute approximate surface area is 837 Å². The fourth-order valence-electron chi connectivity index (χ4n) is 8.32. The van der Waals surface area contributed by atoms with Gasteiger partial charge in [0.1, 0.15) is 5.15 Å². The molecule has 1 aliphatic rings. The number of aromatic nitrogens is 17. The van der Waals surface area contributed by atoms with E-state index in [0.29, 0.717) is 34.9 Å². The van der Waals surface area contributed by atoms with Gasteiger partial charge in [0.25, 0.3) is 0 Å². The Kier molecular flexibility index (Phi) is 47.4. The van der Waals surface area contributed by atoms with E-state index in [9.17, 15) is 102 Å². The molecule has 0 aromatic carbocycles. The van der Waals surface area contributed by atoms with Crippen molar-refractivity contribution in [1.29, 1.82) is 0 Å². The number of rotatable bonds is 16. The zero-order valence-corrected chi connectivity index (χ0v) is 80.0. The summed E-state index contributed by atoms with van der Waals surface area (Å²) in [7, 11) is -0.614. The molecule has 11 aromatic heterocycles. The summed E-state index contributed by atoms with van der Waals surface area (Å²) in [5, 5.41) is 31.7. The maximum atomic E-state index is 14.1. The molecule has 1 N–H and O–H groups in total. The molecule has 750 valence electrons. The summed E-state index contributed by atoms with van der Waals surface area (Å²) >= 11 is 21.6. The van der Waals surface area contributed by atoms with Crippen LogP contribution in [0.5, 0.6) is 23.5 Å². The van der Waals surface area contributed by atoms with Crippen LogP contribution in [0.4, 0.5) is 96.6 Å². The van der Waals surface area contributed by atoms with E-state index in [1.807, 2.05) is 27.7 Å². The predicted molar refractivity (Wildman–Crippen MR) is 461 cm³/mol. The summed E-state index contributed by atoms with van der Waals surface area (Å²) in [4.78, 5) is 30.5. The maximum absolute atomic E-state index is 14.1. The van der Waals surface area contributed by atoms with E-state index in [1.165, 1.54) is 118 Å². The smallest absolute Gasteiger partial charge is 0.850 e. The fraction of sp³-hybridized carbons (Fsp3) is 0.500. The molecule has 12 heterocycles. The number of halogens is 27. The van der Waals surface area contributed by atoms with Crippen molar-refractivity contribution >= 4 is 96.2 Å². The van der Waals surface area contributed by atoms with Crippen molar-refractivity contribution in [3.05, 3.63) is 166 Å². The number of hydrogen-bond donors (Lipinski definition) is 1. The topological polar surface area (TPSA) is 302 Å². The summed E-state index contributed by atoms with van der Waals surface area (Å²) in [6, 6.07) is 14.1. The minimum atomic E-state index is -4.59. The van der Waals surface area contributed by atoms with Crippen molar-refractivity contribution in [3.8, 4) is 46.0 Å². The molecule has 135 heavy (non-hydrogen) atoms. The Morgan fingerprint density at radius 1 is 0.407 bits per heavy atom. The molecule has 12 rings (SSSR count). The Hall–Kier alpha value is -7.61. The SMILES string of the molecule is C.C.C.C.C.CC(C)(C)[O-].CC(C)(O)C(F)(F)F.CC(C)(Oc1ccc(-c2cn3c(C(F)(F)Cl)nnc3cn2)cn1)C(F)(F)F.CC(C)(Oc1ccc(B2OC(C)(C)C(C)(C)O2)cn1)C(F)(F)F.CC(C)(Oc1ccc(Br)cn1)C(F)(F)F.CCOC(F)(F)c1nnc2cnc(-c3ccc(OC(C)(C)C(F)(F)F)nc3)cn12.FC(F)(Cl)c1nnc2cnc(Cl)cn12.Fc1ccc(Br)cn1.[K+]. The second kappa shape index (κ2) is 49.5. The van der Waals surface area contributed by atoms with E-state index >= 15 is 0 Å². The monoisotopic (exact) mass is 2170 g/mol. The van der Waals surface area contributed by atoms with Crippen LogP contribution < -0.4 is 80.9 Å². The van der Waals surface area contributed by atoms with E-state index in [1.54, 1.807) is 39.0 Å². The minimum absolute atomic E-state index is 0. The van der Waals surface area contributed by atoms with Gasteiger partial charge >= 0.3 is 106 Å². The van der Waals surface area contributed by atoms with Crippen molar-refractivity contribution in [1.82, 2.24) is 83.7 Å². The largest absolute Gasteiger partial charge is 1.00 e. The number of aliphatic hydroxyl groups is 1. The first kappa shape index (κ1) is 129. The Balaban J connectivity index is 0. The van der Waals surface area contributed by atoms with Crippen LogP contribution in [0, 0.1) is 5.95 Å². The van der Waals surface area contributed by atoms with Gasteiger partial charge in [0.15, 0.2) is 44.9 Å². The first-order valence-electron chi connectivity index (χ1n) is 36.4. The molecule has 11 aromatic rings.